The Balaban J connectivity index is 1.31. The molecule has 0 spiro atoms. The van der Waals surface area contributed by atoms with E-state index in [0.717, 1.165) is 97.6 Å². The van der Waals surface area contributed by atoms with Gasteiger partial charge in [-0.1, -0.05) is 63.1 Å². The Morgan fingerprint density at radius 1 is 0.772 bits per heavy atom. The molecule has 0 unspecified atom stereocenters. The van der Waals surface area contributed by atoms with Crippen molar-refractivity contribution in [1.82, 2.24) is 24.2 Å². The summed E-state index contributed by atoms with van der Waals surface area (Å²) in [4.78, 5) is 53.3. The van der Waals surface area contributed by atoms with Crippen LogP contribution < -0.4 is 4.90 Å². The van der Waals surface area contributed by atoms with Gasteiger partial charge in [0.1, 0.15) is 0 Å². The first-order valence-corrected chi connectivity index (χ1v) is 21.1. The Bertz CT molecular complexity index is 2040. The van der Waals surface area contributed by atoms with Crippen molar-refractivity contribution in [3.63, 3.8) is 0 Å². The van der Waals surface area contributed by atoms with Crippen LogP contribution in [0.5, 0.6) is 0 Å². The molecule has 57 heavy (non-hydrogen) atoms. The standard InChI is InChI=1S/C48H64N6O3/c1-9-11-22-52(23-12-10-2)47(56)42-31-45(51(8)35(42)4)43-29-38-21-24-53(46(55)28-36-17-19-41(20-18-36)50(7)26-25-49(5)6)32-40(38)30-44(43)48(57)54-33-39-16-14-13-15-37(39)27-34(54)3/h13-20,29-31,34H,9-12,21-28,32-33H2,1-8H3/t34-/m1/s1. The summed E-state index contributed by atoms with van der Waals surface area (Å²) >= 11 is 0. The first kappa shape index (κ1) is 41.7. The van der Waals surface area contributed by atoms with Crippen LogP contribution in [0.1, 0.15) is 101 Å². The molecule has 6 rings (SSSR count). The maximum Gasteiger partial charge on any atom is 0.255 e. The zero-order valence-corrected chi connectivity index (χ0v) is 35.7. The first-order chi connectivity index (χ1) is 27.4. The van der Waals surface area contributed by atoms with E-state index in [-0.39, 0.29) is 23.8 Å². The van der Waals surface area contributed by atoms with Crippen molar-refractivity contribution in [2.75, 3.05) is 58.8 Å². The molecule has 1 atom stereocenters. The second kappa shape index (κ2) is 18.6. The highest BCUT2D eigenvalue weighted by molar-refractivity contribution is 6.03. The van der Waals surface area contributed by atoms with Gasteiger partial charge in [-0.05, 0) is 112 Å². The predicted octanol–water partition coefficient (Wildman–Crippen LogP) is 7.76. The van der Waals surface area contributed by atoms with Gasteiger partial charge in [-0.2, -0.15) is 0 Å². The van der Waals surface area contributed by atoms with Crippen molar-refractivity contribution < 1.29 is 14.4 Å². The van der Waals surface area contributed by atoms with E-state index in [2.05, 4.69) is 111 Å². The molecular formula is C48H64N6O3. The quantitative estimate of drug-likeness (QED) is 0.124. The molecule has 3 aromatic carbocycles. The summed E-state index contributed by atoms with van der Waals surface area (Å²) in [7, 11) is 8.26. The minimum absolute atomic E-state index is 0.0199. The number of carbonyl (C=O) groups excluding carboxylic acids is 3. The maximum absolute atomic E-state index is 14.9. The lowest BCUT2D eigenvalue weighted by Gasteiger charge is -2.36. The normalized spacial score (nSPS) is 15.1. The van der Waals surface area contributed by atoms with E-state index < -0.39 is 0 Å². The Morgan fingerprint density at radius 3 is 2.12 bits per heavy atom. The number of hydrogen-bond donors (Lipinski definition) is 0. The Kier molecular flexibility index (Phi) is 13.6. The molecule has 4 aromatic rings. The highest BCUT2D eigenvalue weighted by atomic mass is 16.2. The highest BCUT2D eigenvalue weighted by Crippen LogP contribution is 2.36. The molecular weight excluding hydrogens is 709 g/mol. The topological polar surface area (TPSA) is 72.3 Å². The van der Waals surface area contributed by atoms with E-state index in [1.807, 2.05) is 40.8 Å². The fourth-order valence-electron chi connectivity index (χ4n) is 8.31. The fraction of sp³-hybridized carbons (Fsp3) is 0.479. The third kappa shape index (κ3) is 9.47. The van der Waals surface area contributed by atoms with Gasteiger partial charge in [0.2, 0.25) is 5.91 Å². The van der Waals surface area contributed by atoms with Gasteiger partial charge in [-0.25, -0.2) is 0 Å². The molecule has 9 nitrogen and oxygen atoms in total. The molecule has 0 saturated heterocycles. The summed E-state index contributed by atoms with van der Waals surface area (Å²) in [6.07, 6.45) is 5.82. The molecule has 9 heteroatoms. The van der Waals surface area contributed by atoms with Crippen LogP contribution in [0, 0.1) is 6.92 Å². The van der Waals surface area contributed by atoms with Crippen LogP contribution in [0.2, 0.25) is 0 Å². The van der Waals surface area contributed by atoms with E-state index in [4.69, 9.17) is 0 Å². The van der Waals surface area contributed by atoms with Crippen LogP contribution in [-0.4, -0.2) is 102 Å². The van der Waals surface area contributed by atoms with E-state index in [9.17, 15) is 14.4 Å². The number of nitrogens with zero attached hydrogens (tertiary/aromatic N) is 6. The molecule has 0 N–H and O–H groups in total. The van der Waals surface area contributed by atoms with Gasteiger partial charge < -0.3 is 29.1 Å². The second-order valence-corrected chi connectivity index (χ2v) is 16.6. The molecule has 3 amide bonds. The van der Waals surface area contributed by atoms with Gasteiger partial charge in [0.05, 0.1) is 12.0 Å². The lowest BCUT2D eigenvalue weighted by molar-refractivity contribution is -0.131. The second-order valence-electron chi connectivity index (χ2n) is 16.6. The van der Waals surface area contributed by atoms with Gasteiger partial charge in [-0.15, -0.1) is 0 Å². The van der Waals surface area contributed by atoms with Gasteiger partial charge in [0.15, 0.2) is 0 Å². The minimum Gasteiger partial charge on any atom is -0.373 e. The summed E-state index contributed by atoms with van der Waals surface area (Å²) in [5, 5.41) is 0. The van der Waals surface area contributed by atoms with Crippen molar-refractivity contribution in [2.24, 2.45) is 7.05 Å². The third-order valence-electron chi connectivity index (χ3n) is 12.2. The summed E-state index contributed by atoms with van der Waals surface area (Å²) < 4.78 is 2.09. The number of carbonyl (C=O) groups is 3. The van der Waals surface area contributed by atoms with Gasteiger partial charge >= 0.3 is 0 Å². The molecule has 0 fully saturated rings. The number of benzene rings is 3. The molecule has 3 heterocycles. The van der Waals surface area contributed by atoms with Crippen LogP contribution >= 0.6 is 0 Å². The van der Waals surface area contributed by atoms with Crippen molar-refractivity contribution in [1.29, 1.82) is 0 Å². The van der Waals surface area contributed by atoms with Crippen LogP contribution in [0.4, 0.5) is 5.69 Å². The largest absolute Gasteiger partial charge is 0.373 e. The van der Waals surface area contributed by atoms with E-state index in [1.54, 1.807) is 0 Å². The minimum atomic E-state index is -0.0202. The number of likely N-dealkylation sites (N-methyl/N-ethyl adjacent to an activating group) is 2. The first-order valence-electron chi connectivity index (χ1n) is 21.1. The number of hydrogen-bond acceptors (Lipinski definition) is 5. The molecule has 1 aromatic heterocycles. The van der Waals surface area contributed by atoms with Gasteiger partial charge in [0, 0.05) is 94.2 Å². The van der Waals surface area contributed by atoms with Gasteiger partial charge in [0.25, 0.3) is 11.8 Å². The number of amides is 3. The SMILES string of the molecule is CCCCN(CCCC)C(=O)c1cc(-c2cc3c(cc2C(=O)N2Cc4ccccc4C[C@H]2C)CN(C(=O)Cc2ccc(N(C)CCN(C)C)cc2)CC3)n(C)c1C. The number of unbranched alkanes of at least 4 members (excludes halogenated alkanes) is 2. The number of anilines is 1. The van der Waals surface area contributed by atoms with Crippen LogP contribution in [0.15, 0.2) is 66.7 Å². The molecule has 0 radical (unpaired) electrons. The van der Waals surface area contributed by atoms with E-state index >= 15 is 0 Å². The average molecular weight is 773 g/mol. The predicted molar refractivity (Wildman–Crippen MR) is 232 cm³/mol. The average Bonchev–Trinajstić information content (AvgIpc) is 3.51. The van der Waals surface area contributed by atoms with Crippen molar-refractivity contribution >= 4 is 23.4 Å². The lowest BCUT2D eigenvalue weighted by atomic mass is 9.89. The number of rotatable bonds is 15. The summed E-state index contributed by atoms with van der Waals surface area (Å²) in [6, 6.07) is 23.0. The Labute approximate surface area is 341 Å². The van der Waals surface area contributed by atoms with Crippen molar-refractivity contribution in [3.8, 4) is 11.3 Å². The van der Waals surface area contributed by atoms with Crippen molar-refractivity contribution in [2.45, 2.75) is 91.8 Å². The Hall–Kier alpha value is -4.89. The lowest BCUT2D eigenvalue weighted by Crippen LogP contribution is -2.43. The zero-order chi connectivity index (χ0) is 40.8. The molecule has 0 aliphatic carbocycles. The van der Waals surface area contributed by atoms with Crippen LogP contribution in [0.25, 0.3) is 11.3 Å². The molecule has 304 valence electrons. The summed E-state index contributed by atoms with van der Waals surface area (Å²) in [5.74, 6) is 0.126. The fourth-order valence-corrected chi connectivity index (χ4v) is 8.31. The summed E-state index contributed by atoms with van der Waals surface area (Å²) in [5.41, 5.74) is 10.7. The molecule has 2 aliphatic heterocycles. The molecule has 0 bridgehead atoms. The summed E-state index contributed by atoms with van der Waals surface area (Å²) in [6.45, 7) is 13.4. The molecule has 0 saturated carbocycles. The third-order valence-corrected chi connectivity index (χ3v) is 12.2. The van der Waals surface area contributed by atoms with Crippen LogP contribution in [0.3, 0.4) is 0 Å². The monoisotopic (exact) mass is 773 g/mol. The number of aromatic nitrogens is 1. The Morgan fingerprint density at radius 2 is 1.46 bits per heavy atom. The van der Waals surface area contributed by atoms with E-state index in [1.165, 1.54) is 11.1 Å². The van der Waals surface area contributed by atoms with E-state index in [0.29, 0.717) is 43.6 Å². The van der Waals surface area contributed by atoms with Crippen LogP contribution in [-0.2, 0) is 44.2 Å². The van der Waals surface area contributed by atoms with Crippen molar-refractivity contribution in [3.05, 3.63) is 111 Å². The maximum atomic E-state index is 14.9. The smallest absolute Gasteiger partial charge is 0.255 e. The molecule has 2 aliphatic rings. The zero-order valence-electron chi connectivity index (χ0n) is 35.7. The number of fused-ring (bicyclic) bond motifs is 2. The van der Waals surface area contributed by atoms with Gasteiger partial charge in [-0.3, -0.25) is 14.4 Å². The highest BCUT2D eigenvalue weighted by Gasteiger charge is 2.32.